The second-order valence-corrected chi connectivity index (χ2v) is 5.93. The number of hydrogen-bond donors (Lipinski definition) is 0. The maximum atomic E-state index is 12.5. The van der Waals surface area contributed by atoms with Crippen LogP contribution in [0.5, 0.6) is 17.2 Å². The van der Waals surface area contributed by atoms with Gasteiger partial charge in [-0.2, -0.15) is 8.78 Å². The van der Waals surface area contributed by atoms with Crippen molar-refractivity contribution in [1.29, 1.82) is 0 Å². The van der Waals surface area contributed by atoms with E-state index in [1.54, 1.807) is 0 Å². The predicted molar refractivity (Wildman–Crippen MR) is 101 cm³/mol. The highest BCUT2D eigenvalue weighted by Gasteiger charge is 2.23. The number of ether oxygens (including phenoxy) is 3. The van der Waals surface area contributed by atoms with Gasteiger partial charge in [-0.15, -0.1) is 0 Å². The Hall–Kier alpha value is -3.23. The summed E-state index contributed by atoms with van der Waals surface area (Å²) in [6.45, 7) is 1.33. The quantitative estimate of drug-likeness (QED) is 0.257. The predicted octanol–water partition coefficient (Wildman–Crippen LogP) is 5.23. The molecule has 0 saturated heterocycles. The van der Waals surface area contributed by atoms with Crippen molar-refractivity contribution in [2.75, 3.05) is 6.61 Å². The second kappa shape index (κ2) is 10.4. The smallest absolute Gasteiger partial charge is 0.387 e. The molecule has 1 aliphatic rings. The molecule has 0 spiro atoms. The minimum absolute atomic E-state index is 0.0281. The van der Waals surface area contributed by atoms with Gasteiger partial charge >= 0.3 is 12.6 Å². The number of alkyl halides is 2. The summed E-state index contributed by atoms with van der Waals surface area (Å²) in [5, 5.41) is 10.6. The topological polar surface area (TPSA) is 87.9 Å². The van der Waals surface area contributed by atoms with Gasteiger partial charge in [0.25, 0.3) is 5.69 Å². The highest BCUT2D eigenvalue weighted by Crippen LogP contribution is 2.34. The number of non-ortho nitro benzene ring substituents is 1. The summed E-state index contributed by atoms with van der Waals surface area (Å²) >= 11 is 0. The zero-order chi connectivity index (χ0) is 21.4. The Kier molecular flexibility index (Phi) is 7.88. The van der Waals surface area contributed by atoms with Crippen LogP contribution in [0.1, 0.15) is 37.0 Å². The Morgan fingerprint density at radius 2 is 1.79 bits per heavy atom. The molecule has 0 aliphatic heterocycles. The first-order valence-corrected chi connectivity index (χ1v) is 9.10. The lowest BCUT2D eigenvalue weighted by atomic mass is 10.2. The van der Waals surface area contributed by atoms with E-state index in [1.807, 2.05) is 13.8 Å². The molecule has 2 aromatic carbocycles. The van der Waals surface area contributed by atoms with Crippen molar-refractivity contribution in [3.05, 3.63) is 58.1 Å². The van der Waals surface area contributed by atoms with Crippen LogP contribution in [-0.2, 0) is 0 Å². The van der Waals surface area contributed by atoms with E-state index >= 15 is 0 Å². The Balaban J connectivity index is 0.00000145. The summed E-state index contributed by atoms with van der Waals surface area (Å²) in [6.07, 6.45) is 2.01. The fourth-order valence-corrected chi connectivity index (χ4v) is 2.24. The molecule has 0 radical (unpaired) electrons. The maximum Gasteiger partial charge on any atom is 0.387 e. The van der Waals surface area contributed by atoms with Crippen LogP contribution in [0.3, 0.4) is 0 Å². The molecule has 0 unspecified atom stereocenters. The number of carbonyl (C=O) groups is 1. The van der Waals surface area contributed by atoms with Gasteiger partial charge in [0.05, 0.1) is 17.1 Å². The fraction of sp³-hybridized carbons (Fsp3) is 0.350. The van der Waals surface area contributed by atoms with E-state index in [0.717, 1.165) is 12.8 Å². The average Bonchev–Trinajstić information content (AvgIpc) is 3.53. The fourth-order valence-electron chi connectivity index (χ4n) is 2.24. The van der Waals surface area contributed by atoms with Crippen LogP contribution in [0.2, 0.25) is 0 Å². The third kappa shape index (κ3) is 6.70. The summed E-state index contributed by atoms with van der Waals surface area (Å²) in [6, 6.07) is 8.73. The van der Waals surface area contributed by atoms with Crippen LogP contribution in [-0.4, -0.2) is 24.1 Å². The van der Waals surface area contributed by atoms with Crippen LogP contribution >= 0.6 is 0 Å². The van der Waals surface area contributed by atoms with Crippen LogP contribution in [0, 0.1) is 16.0 Å². The van der Waals surface area contributed by atoms with E-state index in [1.165, 1.54) is 42.5 Å². The molecule has 156 valence electrons. The minimum atomic E-state index is -3.02. The highest BCUT2D eigenvalue weighted by molar-refractivity contribution is 5.91. The van der Waals surface area contributed by atoms with Crippen LogP contribution in [0.4, 0.5) is 14.5 Å². The number of halogens is 2. The lowest BCUT2D eigenvalue weighted by molar-refractivity contribution is -0.384. The van der Waals surface area contributed by atoms with Gasteiger partial charge in [-0.25, -0.2) is 4.79 Å². The Morgan fingerprint density at radius 1 is 1.14 bits per heavy atom. The Bertz CT molecular complexity index is 837. The monoisotopic (exact) mass is 409 g/mol. The lowest BCUT2D eigenvalue weighted by Crippen LogP contribution is -2.11. The lowest BCUT2D eigenvalue weighted by Gasteiger charge is -2.13. The van der Waals surface area contributed by atoms with Gasteiger partial charge in [-0.3, -0.25) is 10.1 Å². The molecule has 2 aromatic rings. The van der Waals surface area contributed by atoms with Crippen molar-refractivity contribution >= 4 is 11.7 Å². The maximum absolute atomic E-state index is 12.5. The molecule has 0 amide bonds. The van der Waals surface area contributed by atoms with Crippen molar-refractivity contribution in [2.24, 2.45) is 5.92 Å². The SMILES string of the molecule is CC.O=C(Oc1ccc([N+](=O)[O-])cc1)c1ccc(OC(F)F)c(OCC2CC2)c1. The molecule has 3 rings (SSSR count). The minimum Gasteiger partial charge on any atom is -0.489 e. The summed E-state index contributed by atoms with van der Waals surface area (Å²) in [5.41, 5.74) is -0.0696. The molecule has 1 fully saturated rings. The molecule has 7 nitrogen and oxygen atoms in total. The number of rotatable bonds is 8. The van der Waals surface area contributed by atoms with E-state index in [9.17, 15) is 23.7 Å². The van der Waals surface area contributed by atoms with Gasteiger partial charge < -0.3 is 14.2 Å². The third-order valence-electron chi connectivity index (χ3n) is 3.83. The first kappa shape index (κ1) is 22.1. The summed E-state index contributed by atoms with van der Waals surface area (Å²) in [7, 11) is 0. The average molecular weight is 409 g/mol. The summed E-state index contributed by atoms with van der Waals surface area (Å²) in [4.78, 5) is 22.3. The molecule has 0 heterocycles. The molecular formula is C20H21F2NO6. The Morgan fingerprint density at radius 3 is 2.34 bits per heavy atom. The van der Waals surface area contributed by atoms with Gasteiger partial charge in [0.2, 0.25) is 0 Å². The molecular weight excluding hydrogens is 388 g/mol. The molecule has 0 atom stereocenters. The van der Waals surface area contributed by atoms with E-state index in [4.69, 9.17) is 9.47 Å². The van der Waals surface area contributed by atoms with E-state index < -0.39 is 17.5 Å². The number of carbonyl (C=O) groups excluding carboxylic acids is 1. The normalized spacial score (nSPS) is 12.6. The standard InChI is InChI=1S/C18H15F2NO6.C2H6/c19-18(20)27-15-8-3-12(9-16(15)25-10-11-1-2-11)17(22)26-14-6-4-13(5-7-14)21(23)24;1-2/h3-9,11,18H,1-2,10H2;1-2H3. The molecule has 1 aliphatic carbocycles. The van der Waals surface area contributed by atoms with E-state index in [0.29, 0.717) is 12.5 Å². The number of hydrogen-bond acceptors (Lipinski definition) is 6. The van der Waals surface area contributed by atoms with Crippen LogP contribution in [0.15, 0.2) is 42.5 Å². The number of esters is 1. The first-order chi connectivity index (χ1) is 13.9. The van der Waals surface area contributed by atoms with E-state index in [2.05, 4.69) is 4.74 Å². The van der Waals surface area contributed by atoms with Crippen molar-refractivity contribution in [3.63, 3.8) is 0 Å². The van der Waals surface area contributed by atoms with Gasteiger partial charge in [-0.1, -0.05) is 13.8 Å². The van der Waals surface area contributed by atoms with Crippen molar-refractivity contribution in [1.82, 2.24) is 0 Å². The van der Waals surface area contributed by atoms with Crippen molar-refractivity contribution in [3.8, 4) is 17.2 Å². The van der Waals surface area contributed by atoms with Crippen LogP contribution in [0.25, 0.3) is 0 Å². The Labute approximate surface area is 166 Å². The summed E-state index contributed by atoms with van der Waals surface area (Å²) in [5.74, 6) is -0.416. The number of nitrogens with zero attached hydrogens (tertiary/aromatic N) is 1. The molecule has 9 heteroatoms. The van der Waals surface area contributed by atoms with Gasteiger partial charge in [0.1, 0.15) is 5.75 Å². The first-order valence-electron chi connectivity index (χ1n) is 9.10. The largest absolute Gasteiger partial charge is 0.489 e. The molecule has 0 aromatic heterocycles. The molecule has 0 N–H and O–H groups in total. The summed E-state index contributed by atoms with van der Waals surface area (Å²) < 4.78 is 40.1. The van der Waals surface area contributed by atoms with E-state index in [-0.39, 0.29) is 28.5 Å². The van der Waals surface area contributed by atoms with Gasteiger partial charge in [0, 0.05) is 12.1 Å². The number of nitro benzene ring substituents is 1. The van der Waals surface area contributed by atoms with Crippen LogP contribution < -0.4 is 14.2 Å². The van der Waals surface area contributed by atoms with Crippen molar-refractivity contribution in [2.45, 2.75) is 33.3 Å². The van der Waals surface area contributed by atoms with Crippen molar-refractivity contribution < 1.29 is 32.7 Å². The molecule has 29 heavy (non-hydrogen) atoms. The molecule has 0 bridgehead atoms. The molecule has 1 saturated carbocycles. The number of nitro groups is 1. The van der Waals surface area contributed by atoms with Gasteiger partial charge in [0.15, 0.2) is 11.5 Å². The third-order valence-corrected chi connectivity index (χ3v) is 3.83. The van der Waals surface area contributed by atoms with Gasteiger partial charge in [-0.05, 0) is 49.1 Å². The number of benzene rings is 2. The second-order valence-electron chi connectivity index (χ2n) is 5.93. The highest BCUT2D eigenvalue weighted by atomic mass is 19.3. The zero-order valence-electron chi connectivity index (χ0n) is 16.0. The zero-order valence-corrected chi connectivity index (χ0v) is 16.0.